The van der Waals surface area contributed by atoms with Crippen molar-refractivity contribution in [2.45, 2.75) is 0 Å². The van der Waals surface area contributed by atoms with Crippen LogP contribution in [-0.2, 0) is 0 Å². The summed E-state index contributed by atoms with van der Waals surface area (Å²) in [5, 5.41) is 12.3. The van der Waals surface area contributed by atoms with Crippen LogP contribution < -0.4 is 5.32 Å². The number of aromatic nitrogens is 1. The highest BCUT2D eigenvalue weighted by atomic mass is 35.5. The Morgan fingerprint density at radius 3 is 2.37 bits per heavy atom. The van der Waals surface area contributed by atoms with Crippen molar-refractivity contribution in [2.75, 3.05) is 5.32 Å². The van der Waals surface area contributed by atoms with Gasteiger partial charge in [-0.3, -0.25) is 4.79 Å². The third-order valence-electron chi connectivity index (χ3n) is 2.22. The minimum absolute atomic E-state index is 0.0434. The zero-order valence-corrected chi connectivity index (χ0v) is 11.6. The van der Waals surface area contributed by atoms with Gasteiger partial charge in [0.25, 0.3) is 5.91 Å². The highest BCUT2D eigenvalue weighted by Gasteiger charge is 2.11. The Bertz CT molecular complexity index is 624. The topological polar surface area (TPSA) is 62.2 Å². The lowest BCUT2D eigenvalue weighted by atomic mass is 10.2. The van der Waals surface area contributed by atoms with Crippen molar-refractivity contribution >= 4 is 46.4 Å². The molecule has 7 heteroatoms. The number of nitrogens with one attached hydrogen (secondary N) is 1. The summed E-state index contributed by atoms with van der Waals surface area (Å²) in [6.45, 7) is 0. The molecule has 98 valence electrons. The Hall–Kier alpha value is -1.49. The quantitative estimate of drug-likeness (QED) is 0.650. The Morgan fingerprint density at radius 1 is 1.16 bits per heavy atom. The van der Waals surface area contributed by atoms with E-state index in [-0.39, 0.29) is 26.6 Å². The van der Waals surface area contributed by atoms with E-state index in [2.05, 4.69) is 10.3 Å². The molecule has 0 saturated carbocycles. The van der Waals surface area contributed by atoms with Crippen molar-refractivity contribution in [1.82, 2.24) is 4.98 Å². The minimum atomic E-state index is -0.458. The third-order valence-corrected chi connectivity index (χ3v) is 3.01. The molecule has 1 amide bonds. The molecule has 4 nitrogen and oxygen atoms in total. The van der Waals surface area contributed by atoms with Crippen molar-refractivity contribution in [1.29, 1.82) is 0 Å². The number of anilines is 1. The smallest absolute Gasteiger partial charge is 0.274 e. The molecular formula is C12H7Cl3N2O2. The van der Waals surface area contributed by atoms with Crippen LogP contribution in [0.3, 0.4) is 0 Å². The largest absolute Gasteiger partial charge is 0.505 e. The van der Waals surface area contributed by atoms with E-state index >= 15 is 0 Å². The average Bonchev–Trinajstić information content (AvgIpc) is 2.36. The second-order valence-electron chi connectivity index (χ2n) is 3.59. The molecule has 0 unspecified atom stereocenters. The molecule has 1 aromatic heterocycles. The lowest BCUT2D eigenvalue weighted by Crippen LogP contribution is -2.13. The number of phenolic OH excluding ortho intramolecular Hbond substituents is 1. The van der Waals surface area contributed by atoms with Gasteiger partial charge in [-0.05, 0) is 24.3 Å². The third kappa shape index (κ3) is 3.29. The fourth-order valence-electron chi connectivity index (χ4n) is 1.37. The monoisotopic (exact) mass is 316 g/mol. The fourth-order valence-corrected chi connectivity index (χ4v) is 2.02. The molecule has 0 bridgehead atoms. The number of aromatic hydroxyl groups is 1. The van der Waals surface area contributed by atoms with Crippen LogP contribution in [0.4, 0.5) is 5.69 Å². The first-order valence-electron chi connectivity index (χ1n) is 5.09. The van der Waals surface area contributed by atoms with E-state index < -0.39 is 5.91 Å². The number of carbonyl (C=O) groups excluding carboxylic acids is 1. The van der Waals surface area contributed by atoms with E-state index in [4.69, 9.17) is 34.8 Å². The maximum atomic E-state index is 11.9. The minimum Gasteiger partial charge on any atom is -0.505 e. The number of hydrogen-bond acceptors (Lipinski definition) is 3. The molecule has 0 atom stereocenters. The molecule has 2 aromatic rings. The van der Waals surface area contributed by atoms with E-state index in [9.17, 15) is 9.90 Å². The van der Waals surface area contributed by atoms with Crippen molar-refractivity contribution in [3.8, 4) is 5.75 Å². The highest BCUT2D eigenvalue weighted by Crippen LogP contribution is 2.34. The van der Waals surface area contributed by atoms with Gasteiger partial charge < -0.3 is 10.4 Å². The van der Waals surface area contributed by atoms with Gasteiger partial charge in [-0.1, -0.05) is 40.9 Å². The van der Waals surface area contributed by atoms with Crippen LogP contribution in [0.5, 0.6) is 5.75 Å². The number of amides is 1. The van der Waals surface area contributed by atoms with Crippen LogP contribution in [0.15, 0.2) is 30.3 Å². The highest BCUT2D eigenvalue weighted by molar-refractivity contribution is 6.37. The number of nitrogens with zero attached hydrogens (tertiary/aromatic N) is 1. The molecule has 2 rings (SSSR count). The molecule has 0 aliphatic carbocycles. The molecule has 0 aliphatic rings. The predicted molar refractivity (Wildman–Crippen MR) is 75.3 cm³/mol. The maximum absolute atomic E-state index is 11.9. The van der Waals surface area contributed by atoms with Crippen molar-refractivity contribution in [2.24, 2.45) is 0 Å². The van der Waals surface area contributed by atoms with Crippen molar-refractivity contribution < 1.29 is 9.90 Å². The number of halogens is 3. The van der Waals surface area contributed by atoms with Gasteiger partial charge in [0.15, 0.2) is 5.75 Å². The molecule has 0 fully saturated rings. The van der Waals surface area contributed by atoms with Gasteiger partial charge >= 0.3 is 0 Å². The fraction of sp³-hybridized carbons (Fsp3) is 0. The lowest BCUT2D eigenvalue weighted by molar-refractivity contribution is 0.102. The molecule has 0 radical (unpaired) electrons. The number of rotatable bonds is 2. The predicted octanol–water partition coefficient (Wildman–Crippen LogP) is 4.00. The first-order chi connectivity index (χ1) is 8.97. The summed E-state index contributed by atoms with van der Waals surface area (Å²) in [6.07, 6.45) is 0. The molecule has 19 heavy (non-hydrogen) atoms. The summed E-state index contributed by atoms with van der Waals surface area (Å²) >= 11 is 17.2. The zero-order chi connectivity index (χ0) is 14.0. The van der Waals surface area contributed by atoms with Crippen LogP contribution in [0, 0.1) is 0 Å². The second kappa shape index (κ2) is 5.65. The summed E-state index contributed by atoms with van der Waals surface area (Å²) in [6, 6.07) is 7.45. The molecule has 2 N–H and O–H groups in total. The van der Waals surface area contributed by atoms with Gasteiger partial charge in [-0.15, -0.1) is 0 Å². The molecule has 0 saturated heterocycles. The van der Waals surface area contributed by atoms with Crippen LogP contribution in [0.1, 0.15) is 10.5 Å². The van der Waals surface area contributed by atoms with Gasteiger partial charge in [0, 0.05) is 5.69 Å². The Labute approximate surface area is 123 Å². The molecule has 1 heterocycles. The van der Waals surface area contributed by atoms with Crippen LogP contribution >= 0.6 is 34.8 Å². The SMILES string of the molecule is O=C(Nc1cc(Cl)c(O)c(Cl)c1)c1cccc(Cl)n1. The van der Waals surface area contributed by atoms with E-state index in [1.807, 2.05) is 0 Å². The number of hydrogen-bond donors (Lipinski definition) is 2. The number of phenols is 1. The van der Waals surface area contributed by atoms with Gasteiger partial charge in [0.05, 0.1) is 10.0 Å². The zero-order valence-electron chi connectivity index (χ0n) is 9.32. The molecular weight excluding hydrogens is 311 g/mol. The van der Waals surface area contributed by atoms with Crippen LogP contribution in [0.2, 0.25) is 15.2 Å². The van der Waals surface area contributed by atoms with Crippen LogP contribution in [-0.4, -0.2) is 16.0 Å². The van der Waals surface area contributed by atoms with Gasteiger partial charge in [0.2, 0.25) is 0 Å². The molecule has 0 aliphatic heterocycles. The Balaban J connectivity index is 2.24. The van der Waals surface area contributed by atoms with Gasteiger partial charge in [-0.25, -0.2) is 4.98 Å². The number of pyridine rings is 1. The van der Waals surface area contributed by atoms with E-state index in [1.54, 1.807) is 12.1 Å². The maximum Gasteiger partial charge on any atom is 0.274 e. The summed E-state index contributed by atoms with van der Waals surface area (Å²) in [7, 11) is 0. The number of benzene rings is 1. The molecule has 1 aromatic carbocycles. The Kier molecular flexibility index (Phi) is 4.14. The standard InChI is InChI=1S/C12H7Cl3N2O2/c13-7-4-6(5-8(14)11(7)18)16-12(19)9-2-1-3-10(15)17-9/h1-5,18H,(H,16,19). The van der Waals surface area contributed by atoms with Gasteiger partial charge in [-0.2, -0.15) is 0 Å². The normalized spacial score (nSPS) is 10.3. The summed E-state index contributed by atoms with van der Waals surface area (Å²) < 4.78 is 0. The van der Waals surface area contributed by atoms with E-state index in [0.717, 1.165) is 0 Å². The van der Waals surface area contributed by atoms with Gasteiger partial charge in [0.1, 0.15) is 10.8 Å². The Morgan fingerprint density at radius 2 is 1.79 bits per heavy atom. The lowest BCUT2D eigenvalue weighted by Gasteiger charge is -2.07. The van der Waals surface area contributed by atoms with Crippen molar-refractivity contribution in [3.63, 3.8) is 0 Å². The first kappa shape index (κ1) is 13.9. The summed E-state index contributed by atoms with van der Waals surface area (Å²) in [4.78, 5) is 15.8. The second-order valence-corrected chi connectivity index (χ2v) is 4.79. The van der Waals surface area contributed by atoms with E-state index in [1.165, 1.54) is 18.2 Å². The average molecular weight is 318 g/mol. The number of carbonyl (C=O) groups is 1. The summed E-state index contributed by atoms with van der Waals surface area (Å²) in [5.74, 6) is -0.692. The van der Waals surface area contributed by atoms with Crippen LogP contribution in [0.25, 0.3) is 0 Å². The first-order valence-corrected chi connectivity index (χ1v) is 6.22. The molecule has 0 spiro atoms. The van der Waals surface area contributed by atoms with Crippen molar-refractivity contribution in [3.05, 3.63) is 51.2 Å². The van der Waals surface area contributed by atoms with E-state index in [0.29, 0.717) is 5.69 Å². The summed E-state index contributed by atoms with van der Waals surface area (Å²) in [5.41, 5.74) is 0.507.